The van der Waals surface area contributed by atoms with E-state index in [0.717, 1.165) is 6.16 Å². The van der Waals surface area contributed by atoms with Gasteiger partial charge in [0.15, 0.2) is 0 Å². The Morgan fingerprint density at radius 1 is 0.520 bits per heavy atom. The molecule has 0 amide bonds. The first-order valence-corrected chi connectivity index (χ1v) is 10.8. The number of allylic oxidation sites excluding steroid dienone is 4. The Morgan fingerprint density at radius 2 is 0.880 bits per heavy atom. The van der Waals surface area contributed by atoms with E-state index in [-0.39, 0.29) is 0 Å². The molecule has 0 radical (unpaired) electrons. The van der Waals surface area contributed by atoms with Gasteiger partial charge in [-0.15, -0.1) is 0 Å². The zero-order valence-corrected chi connectivity index (χ0v) is 15.1. The van der Waals surface area contributed by atoms with Crippen molar-refractivity contribution in [3.63, 3.8) is 0 Å². The molecule has 3 aromatic rings. The lowest BCUT2D eigenvalue weighted by Gasteiger charge is -2.29. The third-order valence-corrected chi connectivity index (χ3v) is 9.41. The quantitative estimate of drug-likeness (QED) is 0.589. The maximum atomic E-state index is 2.34. The minimum Gasteiger partial charge on any atom is -0.0740 e. The normalized spacial score (nSPS) is 14.1. The van der Waals surface area contributed by atoms with E-state index in [4.69, 9.17) is 0 Å². The summed E-state index contributed by atoms with van der Waals surface area (Å²) in [4.78, 5) is 0. The molecule has 1 heteroatoms. The molecule has 122 valence electrons. The monoisotopic (exact) mass is 341 g/mol. The smallest absolute Gasteiger partial charge is 0.0740 e. The molecule has 0 fully saturated rings. The topological polar surface area (TPSA) is 0 Å². The van der Waals surface area contributed by atoms with Crippen LogP contribution in [0.25, 0.3) is 0 Å². The highest BCUT2D eigenvalue weighted by atomic mass is 31.2. The second-order valence-electron chi connectivity index (χ2n) is 6.43. The molecular weight excluding hydrogens is 319 g/mol. The van der Waals surface area contributed by atoms with Gasteiger partial charge in [-0.1, -0.05) is 78.9 Å². The summed E-state index contributed by atoms with van der Waals surface area (Å²) >= 11 is 0. The molecule has 0 aromatic heterocycles. The van der Waals surface area contributed by atoms with E-state index >= 15 is 0 Å². The van der Waals surface area contributed by atoms with Crippen LogP contribution in [0.4, 0.5) is 0 Å². The molecule has 1 aliphatic carbocycles. The first-order valence-electron chi connectivity index (χ1n) is 8.79. The van der Waals surface area contributed by atoms with Gasteiger partial charge in [0.2, 0.25) is 0 Å². The summed E-state index contributed by atoms with van der Waals surface area (Å²) in [5, 5.41) is 4.38. The second kappa shape index (κ2) is 7.21. The average Bonchev–Trinajstić information content (AvgIpc) is 3.21. The van der Waals surface area contributed by atoms with E-state index in [1.54, 1.807) is 0 Å². The molecule has 0 saturated heterocycles. The maximum absolute atomic E-state index is 2.34. The average molecular weight is 341 g/mol. The van der Waals surface area contributed by atoms with Gasteiger partial charge < -0.3 is 0 Å². The fourth-order valence-electron chi connectivity index (χ4n) is 3.73. The summed E-state index contributed by atoms with van der Waals surface area (Å²) in [6, 6.07) is 33.3. The van der Waals surface area contributed by atoms with Crippen molar-refractivity contribution in [2.24, 2.45) is 5.92 Å². The molecular formula is C24H22P+. The van der Waals surface area contributed by atoms with Gasteiger partial charge in [0.1, 0.15) is 23.2 Å². The highest BCUT2D eigenvalue weighted by molar-refractivity contribution is 7.95. The number of hydrogen-bond donors (Lipinski definition) is 0. The summed E-state index contributed by atoms with van der Waals surface area (Å²) in [6.07, 6.45) is 10.2. The summed E-state index contributed by atoms with van der Waals surface area (Å²) in [6.45, 7) is 0. The molecule has 0 bridgehead atoms. The molecule has 0 heterocycles. The van der Waals surface area contributed by atoms with Gasteiger partial charge in [0.05, 0.1) is 6.16 Å². The first-order chi connectivity index (χ1) is 12.4. The van der Waals surface area contributed by atoms with Gasteiger partial charge in [0, 0.05) is 5.92 Å². The molecule has 0 nitrogen and oxygen atoms in total. The number of benzene rings is 3. The highest BCUT2D eigenvalue weighted by Crippen LogP contribution is 2.57. The van der Waals surface area contributed by atoms with Crippen molar-refractivity contribution in [1.82, 2.24) is 0 Å². The molecule has 1 aliphatic rings. The van der Waals surface area contributed by atoms with E-state index < -0.39 is 7.26 Å². The molecule has 4 rings (SSSR count). The first kappa shape index (κ1) is 16.1. The van der Waals surface area contributed by atoms with Crippen molar-refractivity contribution in [2.75, 3.05) is 6.16 Å². The molecule has 0 spiro atoms. The van der Waals surface area contributed by atoms with Gasteiger partial charge in [-0.3, -0.25) is 0 Å². The van der Waals surface area contributed by atoms with Gasteiger partial charge in [-0.05, 0) is 36.4 Å². The fraction of sp³-hybridized carbons (Fsp3) is 0.0833. The molecule has 0 N–H and O–H groups in total. The predicted octanol–water partition coefficient (Wildman–Crippen LogP) is 4.72. The van der Waals surface area contributed by atoms with E-state index in [2.05, 4.69) is 115 Å². The van der Waals surface area contributed by atoms with Crippen LogP contribution in [0.1, 0.15) is 0 Å². The van der Waals surface area contributed by atoms with Crippen LogP contribution in [0, 0.1) is 5.92 Å². The molecule has 25 heavy (non-hydrogen) atoms. The van der Waals surface area contributed by atoms with Crippen molar-refractivity contribution in [1.29, 1.82) is 0 Å². The van der Waals surface area contributed by atoms with E-state index in [0.29, 0.717) is 5.92 Å². The van der Waals surface area contributed by atoms with Crippen LogP contribution in [-0.2, 0) is 0 Å². The van der Waals surface area contributed by atoms with Crippen molar-refractivity contribution in [2.45, 2.75) is 0 Å². The Labute approximate surface area is 150 Å². The van der Waals surface area contributed by atoms with E-state index in [9.17, 15) is 0 Å². The van der Waals surface area contributed by atoms with Crippen LogP contribution < -0.4 is 15.9 Å². The lowest BCUT2D eigenvalue weighted by atomic mass is 10.2. The van der Waals surface area contributed by atoms with Gasteiger partial charge >= 0.3 is 0 Å². The minimum absolute atomic E-state index is 0.494. The lowest BCUT2D eigenvalue weighted by Crippen LogP contribution is -2.34. The molecule has 3 aromatic carbocycles. The minimum atomic E-state index is -1.70. The zero-order valence-electron chi connectivity index (χ0n) is 14.2. The van der Waals surface area contributed by atoms with Crippen LogP contribution in [0.5, 0.6) is 0 Å². The Bertz CT molecular complexity index is 755. The summed E-state index contributed by atoms with van der Waals surface area (Å²) in [5.74, 6) is 0.494. The third-order valence-electron chi connectivity index (χ3n) is 4.90. The molecule has 0 atom stereocenters. The number of rotatable bonds is 5. The van der Waals surface area contributed by atoms with E-state index in [1.807, 2.05) is 0 Å². The number of hydrogen-bond acceptors (Lipinski definition) is 0. The molecule has 0 saturated carbocycles. The van der Waals surface area contributed by atoms with E-state index in [1.165, 1.54) is 15.9 Å². The maximum Gasteiger partial charge on any atom is 0.113 e. The van der Waals surface area contributed by atoms with Crippen molar-refractivity contribution in [3.8, 4) is 0 Å². The summed E-state index contributed by atoms with van der Waals surface area (Å²) in [7, 11) is -1.70. The van der Waals surface area contributed by atoms with Gasteiger partial charge in [-0.2, -0.15) is 0 Å². The fourth-order valence-corrected chi connectivity index (χ4v) is 8.17. The Morgan fingerprint density at radius 3 is 1.24 bits per heavy atom. The van der Waals surface area contributed by atoms with Crippen molar-refractivity contribution < 1.29 is 0 Å². The lowest BCUT2D eigenvalue weighted by molar-refractivity contribution is 0.967. The Kier molecular flexibility index (Phi) is 4.63. The van der Waals surface area contributed by atoms with Crippen molar-refractivity contribution in [3.05, 3.63) is 115 Å². The van der Waals surface area contributed by atoms with Crippen molar-refractivity contribution >= 4 is 23.2 Å². The molecule has 0 aliphatic heterocycles. The summed E-state index contributed by atoms with van der Waals surface area (Å²) in [5.41, 5.74) is 0. The highest BCUT2D eigenvalue weighted by Gasteiger charge is 2.46. The third kappa shape index (κ3) is 3.11. The predicted molar refractivity (Wildman–Crippen MR) is 112 cm³/mol. The second-order valence-corrected chi connectivity index (χ2v) is 9.97. The van der Waals surface area contributed by atoms with Gasteiger partial charge in [0.25, 0.3) is 0 Å². The van der Waals surface area contributed by atoms with Crippen LogP contribution in [0.3, 0.4) is 0 Å². The molecule has 0 unspecified atom stereocenters. The standard InChI is InChI=1S/C24H22P/c1-4-14-22(15-5-1)25(20-21-12-10-11-13-21,23-16-6-2-7-17-23)24-18-8-3-9-19-24/h1-19,21H,20H2/q+1. The zero-order chi connectivity index (χ0) is 17.0. The Hall–Kier alpha value is -2.43. The largest absolute Gasteiger partial charge is 0.113 e. The van der Waals surface area contributed by atoms with Crippen LogP contribution in [-0.4, -0.2) is 6.16 Å². The van der Waals surface area contributed by atoms with Crippen LogP contribution >= 0.6 is 7.26 Å². The van der Waals surface area contributed by atoms with Crippen LogP contribution in [0.2, 0.25) is 0 Å². The Balaban J connectivity index is 1.97. The van der Waals surface area contributed by atoms with Gasteiger partial charge in [-0.25, -0.2) is 0 Å². The SMILES string of the molecule is C1=CC(C[P+](c2ccccc2)(c2ccccc2)c2ccccc2)C=C1. The van der Waals surface area contributed by atoms with Crippen LogP contribution in [0.15, 0.2) is 115 Å². The summed E-state index contributed by atoms with van der Waals surface area (Å²) < 4.78 is 0.